The predicted octanol–water partition coefficient (Wildman–Crippen LogP) is -0.0673. The first-order valence-electron chi connectivity index (χ1n) is 8.33. The van der Waals surface area contributed by atoms with Crippen LogP contribution in [0.15, 0.2) is 12.4 Å². The zero-order chi connectivity index (χ0) is 16.4. The van der Waals surface area contributed by atoms with Gasteiger partial charge in [0.1, 0.15) is 5.82 Å². The van der Waals surface area contributed by atoms with E-state index in [0.717, 1.165) is 38.5 Å². The van der Waals surface area contributed by atoms with Crippen LogP contribution in [-0.2, 0) is 23.2 Å². The molecule has 7 heteroatoms. The van der Waals surface area contributed by atoms with Crippen molar-refractivity contribution in [3.05, 3.63) is 18.2 Å². The molecule has 0 saturated carbocycles. The van der Waals surface area contributed by atoms with Crippen LogP contribution < -0.4 is 0 Å². The lowest BCUT2D eigenvalue weighted by Crippen LogP contribution is -2.50. The summed E-state index contributed by atoms with van der Waals surface area (Å²) in [7, 11) is 2.00. The fourth-order valence-corrected chi connectivity index (χ4v) is 3.38. The molecule has 3 rings (SSSR count). The SMILES string of the molecule is CCN1CC(C(=O)N2CCN(Cc3nccn3C)CC2)CC1=O. The van der Waals surface area contributed by atoms with Gasteiger partial charge in [0.2, 0.25) is 11.8 Å². The second-order valence-corrected chi connectivity index (χ2v) is 6.39. The Bertz CT molecular complexity index is 577. The van der Waals surface area contributed by atoms with Crippen molar-refractivity contribution in [3.8, 4) is 0 Å². The molecule has 0 bridgehead atoms. The van der Waals surface area contributed by atoms with Crippen molar-refractivity contribution in [2.75, 3.05) is 39.3 Å². The highest BCUT2D eigenvalue weighted by atomic mass is 16.2. The van der Waals surface area contributed by atoms with Gasteiger partial charge in [-0.25, -0.2) is 4.98 Å². The van der Waals surface area contributed by atoms with Crippen LogP contribution in [0.1, 0.15) is 19.2 Å². The zero-order valence-electron chi connectivity index (χ0n) is 13.9. The minimum absolute atomic E-state index is 0.110. The van der Waals surface area contributed by atoms with Crippen LogP contribution in [-0.4, -0.2) is 75.3 Å². The molecule has 0 aliphatic carbocycles. The first-order valence-corrected chi connectivity index (χ1v) is 8.33. The Labute approximate surface area is 136 Å². The molecule has 23 heavy (non-hydrogen) atoms. The number of carbonyl (C=O) groups is 2. The van der Waals surface area contributed by atoms with Gasteiger partial charge in [0.15, 0.2) is 0 Å². The van der Waals surface area contributed by atoms with Crippen molar-refractivity contribution >= 4 is 11.8 Å². The number of piperazine rings is 1. The molecule has 7 nitrogen and oxygen atoms in total. The summed E-state index contributed by atoms with van der Waals surface area (Å²) in [5.41, 5.74) is 0. The zero-order valence-corrected chi connectivity index (χ0v) is 13.9. The number of likely N-dealkylation sites (tertiary alicyclic amines) is 1. The number of hydrogen-bond donors (Lipinski definition) is 0. The molecule has 1 unspecified atom stereocenters. The molecular weight excluding hydrogens is 294 g/mol. The van der Waals surface area contributed by atoms with E-state index in [0.29, 0.717) is 19.5 Å². The highest BCUT2D eigenvalue weighted by Crippen LogP contribution is 2.20. The Morgan fingerprint density at radius 3 is 2.61 bits per heavy atom. The molecule has 0 spiro atoms. The summed E-state index contributed by atoms with van der Waals surface area (Å²) in [4.78, 5) is 34.8. The van der Waals surface area contributed by atoms with Gasteiger partial charge in [0.05, 0.1) is 12.5 Å². The fraction of sp³-hybridized carbons (Fsp3) is 0.688. The third-order valence-electron chi connectivity index (χ3n) is 4.92. The Hall–Kier alpha value is -1.89. The van der Waals surface area contributed by atoms with Crippen LogP contribution in [0, 0.1) is 5.92 Å². The van der Waals surface area contributed by atoms with Gasteiger partial charge in [-0.3, -0.25) is 14.5 Å². The Morgan fingerprint density at radius 1 is 1.30 bits per heavy atom. The van der Waals surface area contributed by atoms with Crippen molar-refractivity contribution in [3.63, 3.8) is 0 Å². The number of rotatable bonds is 4. The molecule has 1 atom stereocenters. The number of hydrogen-bond acceptors (Lipinski definition) is 4. The quantitative estimate of drug-likeness (QED) is 0.780. The summed E-state index contributed by atoms with van der Waals surface area (Å²) < 4.78 is 2.03. The Balaban J connectivity index is 1.50. The molecule has 3 heterocycles. The highest BCUT2D eigenvalue weighted by molar-refractivity contribution is 5.89. The molecule has 1 aromatic heterocycles. The standard InChI is InChI=1S/C16H25N5O2/c1-3-20-11-13(10-15(20)22)16(23)21-8-6-19(7-9-21)12-14-17-4-5-18(14)2/h4-5,13H,3,6-12H2,1-2H3. The van der Waals surface area contributed by atoms with Gasteiger partial charge < -0.3 is 14.4 Å². The molecule has 2 saturated heterocycles. The van der Waals surface area contributed by atoms with Crippen molar-refractivity contribution in [2.45, 2.75) is 19.9 Å². The van der Waals surface area contributed by atoms with Crippen LogP contribution in [0.3, 0.4) is 0 Å². The van der Waals surface area contributed by atoms with Crippen LogP contribution in [0.5, 0.6) is 0 Å². The first-order chi connectivity index (χ1) is 11.1. The lowest BCUT2D eigenvalue weighted by atomic mass is 10.1. The minimum atomic E-state index is -0.149. The normalized spacial score (nSPS) is 22.9. The van der Waals surface area contributed by atoms with Crippen molar-refractivity contribution in [2.24, 2.45) is 13.0 Å². The fourth-order valence-electron chi connectivity index (χ4n) is 3.38. The van der Waals surface area contributed by atoms with Crippen LogP contribution in [0.4, 0.5) is 0 Å². The Morgan fingerprint density at radius 2 is 2.04 bits per heavy atom. The van der Waals surface area contributed by atoms with E-state index in [-0.39, 0.29) is 17.7 Å². The van der Waals surface area contributed by atoms with E-state index in [1.165, 1.54) is 0 Å². The predicted molar refractivity (Wildman–Crippen MR) is 85.4 cm³/mol. The van der Waals surface area contributed by atoms with Gasteiger partial charge in [-0.05, 0) is 6.92 Å². The second kappa shape index (κ2) is 6.70. The highest BCUT2D eigenvalue weighted by Gasteiger charge is 2.36. The van der Waals surface area contributed by atoms with Crippen molar-refractivity contribution < 1.29 is 9.59 Å². The van der Waals surface area contributed by atoms with Gasteiger partial charge in [0.25, 0.3) is 0 Å². The van der Waals surface area contributed by atoms with Gasteiger partial charge in [-0.2, -0.15) is 0 Å². The summed E-state index contributed by atoms with van der Waals surface area (Å²) in [6.45, 7) is 7.24. The molecule has 2 amide bonds. The topological polar surface area (TPSA) is 61.7 Å². The van der Waals surface area contributed by atoms with E-state index in [4.69, 9.17) is 0 Å². The summed E-state index contributed by atoms with van der Waals surface area (Å²) in [5, 5.41) is 0. The number of aromatic nitrogens is 2. The van der Waals surface area contributed by atoms with Gasteiger partial charge in [0, 0.05) is 65.1 Å². The monoisotopic (exact) mass is 319 g/mol. The van der Waals surface area contributed by atoms with Gasteiger partial charge >= 0.3 is 0 Å². The van der Waals surface area contributed by atoms with E-state index in [9.17, 15) is 9.59 Å². The number of imidazole rings is 1. The number of nitrogens with zero attached hydrogens (tertiary/aromatic N) is 5. The first kappa shape index (κ1) is 16.0. The smallest absolute Gasteiger partial charge is 0.228 e. The lowest BCUT2D eigenvalue weighted by Gasteiger charge is -2.35. The van der Waals surface area contributed by atoms with E-state index < -0.39 is 0 Å². The van der Waals surface area contributed by atoms with Gasteiger partial charge in [-0.15, -0.1) is 0 Å². The lowest BCUT2D eigenvalue weighted by molar-refractivity contribution is -0.137. The molecule has 2 fully saturated rings. The third kappa shape index (κ3) is 3.39. The summed E-state index contributed by atoms with van der Waals surface area (Å²) in [5.74, 6) is 1.15. The maximum absolute atomic E-state index is 12.6. The average Bonchev–Trinajstić information content (AvgIpc) is 3.13. The molecule has 2 aliphatic rings. The largest absolute Gasteiger partial charge is 0.342 e. The molecule has 0 aromatic carbocycles. The third-order valence-corrected chi connectivity index (χ3v) is 4.92. The maximum atomic E-state index is 12.6. The van der Waals surface area contributed by atoms with E-state index >= 15 is 0 Å². The Kier molecular flexibility index (Phi) is 4.66. The minimum Gasteiger partial charge on any atom is -0.342 e. The number of carbonyl (C=O) groups excluding carboxylic acids is 2. The van der Waals surface area contributed by atoms with Crippen LogP contribution in [0.2, 0.25) is 0 Å². The average molecular weight is 319 g/mol. The summed E-state index contributed by atoms with van der Waals surface area (Å²) >= 11 is 0. The molecule has 0 radical (unpaired) electrons. The van der Waals surface area contributed by atoms with Crippen molar-refractivity contribution in [1.29, 1.82) is 0 Å². The summed E-state index contributed by atoms with van der Waals surface area (Å²) in [6, 6.07) is 0. The maximum Gasteiger partial charge on any atom is 0.228 e. The molecule has 0 N–H and O–H groups in total. The van der Waals surface area contributed by atoms with Crippen LogP contribution >= 0.6 is 0 Å². The molecule has 1 aromatic rings. The molecular formula is C16H25N5O2. The van der Waals surface area contributed by atoms with Gasteiger partial charge in [-0.1, -0.05) is 0 Å². The second-order valence-electron chi connectivity index (χ2n) is 6.39. The molecule has 126 valence electrons. The van der Waals surface area contributed by atoms with E-state index in [1.54, 1.807) is 4.90 Å². The van der Waals surface area contributed by atoms with E-state index in [2.05, 4.69) is 9.88 Å². The van der Waals surface area contributed by atoms with E-state index in [1.807, 2.05) is 35.8 Å². The number of amides is 2. The summed E-state index contributed by atoms with van der Waals surface area (Å²) in [6.07, 6.45) is 4.14. The van der Waals surface area contributed by atoms with Crippen molar-refractivity contribution in [1.82, 2.24) is 24.3 Å². The molecule has 2 aliphatic heterocycles. The van der Waals surface area contributed by atoms with Crippen LogP contribution in [0.25, 0.3) is 0 Å². The number of aryl methyl sites for hydroxylation is 1.